The Morgan fingerprint density at radius 1 is 0.744 bits per heavy atom. The van der Waals surface area contributed by atoms with Crippen molar-refractivity contribution < 1.29 is 19.2 Å². The molecule has 3 aliphatic carbocycles. The normalized spacial score (nSPS) is 25.5. The number of Topliss-reactive ketones (excluding diaryl/α,β-unsaturated/α-hetero) is 1. The summed E-state index contributed by atoms with van der Waals surface area (Å²) in [5.74, 6) is -3.81. The molecule has 0 spiro atoms. The van der Waals surface area contributed by atoms with Gasteiger partial charge in [0.15, 0.2) is 5.78 Å². The molecular weight excluding hydrogens is 583 g/mol. The van der Waals surface area contributed by atoms with Crippen LogP contribution in [0.5, 0.6) is 0 Å². The minimum absolute atomic E-state index is 0.0838. The summed E-state index contributed by atoms with van der Waals surface area (Å²) in [5.41, 5.74) is 4.36. The number of imide groups is 1. The Hall–Kier alpha value is -4.26. The number of benzene rings is 4. The predicted octanol–water partition coefficient (Wildman–Crippen LogP) is 6.03. The second-order valence-corrected chi connectivity index (χ2v) is 12.5. The molecule has 4 aliphatic rings. The van der Waals surface area contributed by atoms with E-state index in [0.29, 0.717) is 33.5 Å². The molecule has 8 rings (SSSR count). The first-order valence-electron chi connectivity index (χ1n) is 14.1. The van der Waals surface area contributed by atoms with E-state index in [2.05, 4.69) is 5.32 Å². The average Bonchev–Trinajstić information content (AvgIpc) is 3.29. The molecule has 1 saturated heterocycles. The Morgan fingerprint density at radius 2 is 1.23 bits per heavy atom. The molecule has 8 heteroatoms. The number of carbonyl (C=O) groups is 4. The van der Waals surface area contributed by atoms with Crippen molar-refractivity contribution in [3.63, 3.8) is 0 Å². The van der Waals surface area contributed by atoms with Gasteiger partial charge in [-0.3, -0.25) is 24.1 Å². The highest BCUT2D eigenvalue weighted by Crippen LogP contribution is 2.69. The van der Waals surface area contributed by atoms with Crippen LogP contribution in [0, 0.1) is 11.8 Å². The lowest BCUT2D eigenvalue weighted by Gasteiger charge is -2.54. The number of nitrogens with zero attached hydrogens (tertiary/aromatic N) is 1. The van der Waals surface area contributed by atoms with E-state index < -0.39 is 45.3 Å². The van der Waals surface area contributed by atoms with Gasteiger partial charge in [0, 0.05) is 17.7 Å². The average molecular weight is 610 g/mol. The maximum absolute atomic E-state index is 14.6. The quantitative estimate of drug-likeness (QED) is 0.164. The highest BCUT2D eigenvalue weighted by atomic mass is 35.5. The number of nitrogens with one attached hydrogen (secondary N) is 1. The van der Waals surface area contributed by atoms with Gasteiger partial charge in [-0.15, -0.1) is 23.2 Å². The Labute approximate surface area is 258 Å². The van der Waals surface area contributed by atoms with Gasteiger partial charge >= 0.3 is 0 Å². The standard InChI is InChI=1S/C35H26Cl2N2O4/c1-20(40)22-12-9-13-23(19-22)38-31(41)28(18-21-10-3-2-4-11-21)39-32(42)29-30(33(39)43)35(37)25-15-6-5-14-24(25)34(29,36)26-16-7-8-17-27(26)35/h2-17,19,28-30H,18H2,1H3,(H,38,41)/t28-,29+,30+,34?,35?/m0/s1. The maximum Gasteiger partial charge on any atom is 0.248 e. The largest absolute Gasteiger partial charge is 0.324 e. The number of ketones is 1. The third kappa shape index (κ3) is 3.86. The number of alkyl halides is 2. The van der Waals surface area contributed by atoms with E-state index >= 15 is 0 Å². The summed E-state index contributed by atoms with van der Waals surface area (Å²) in [6, 6.07) is 29.4. The molecule has 1 fully saturated rings. The summed E-state index contributed by atoms with van der Waals surface area (Å²) in [4.78, 5) is 53.6. The zero-order valence-corrected chi connectivity index (χ0v) is 24.6. The van der Waals surface area contributed by atoms with E-state index in [4.69, 9.17) is 23.2 Å². The molecule has 43 heavy (non-hydrogen) atoms. The second kappa shape index (κ2) is 9.90. The first-order valence-corrected chi connectivity index (χ1v) is 14.8. The van der Waals surface area contributed by atoms with Crippen molar-refractivity contribution in [1.82, 2.24) is 4.90 Å². The van der Waals surface area contributed by atoms with Crippen LogP contribution in [0.3, 0.4) is 0 Å². The van der Waals surface area contributed by atoms with Gasteiger partial charge in [-0.1, -0.05) is 91.0 Å². The lowest BCUT2D eigenvalue weighted by Crippen LogP contribution is -2.57. The molecule has 3 amide bonds. The summed E-state index contributed by atoms with van der Waals surface area (Å²) in [7, 11) is 0. The third-order valence-corrected chi connectivity index (χ3v) is 10.3. The van der Waals surface area contributed by atoms with Crippen molar-refractivity contribution in [3.05, 3.63) is 137 Å². The molecular formula is C35H26Cl2N2O4. The molecule has 6 nitrogen and oxygen atoms in total. The van der Waals surface area contributed by atoms with Crippen molar-refractivity contribution in [2.24, 2.45) is 11.8 Å². The van der Waals surface area contributed by atoms with Gasteiger partial charge in [0.1, 0.15) is 15.8 Å². The van der Waals surface area contributed by atoms with Gasteiger partial charge in [-0.25, -0.2) is 0 Å². The fraction of sp³-hybridized carbons (Fsp3) is 0.200. The third-order valence-electron chi connectivity index (χ3n) is 9.04. The van der Waals surface area contributed by atoms with E-state index in [1.54, 1.807) is 24.3 Å². The number of carbonyl (C=O) groups excluding carboxylic acids is 4. The lowest BCUT2D eigenvalue weighted by molar-refractivity contribution is -0.146. The fourth-order valence-electron chi connectivity index (χ4n) is 7.18. The van der Waals surface area contributed by atoms with Crippen LogP contribution in [0.1, 0.15) is 45.1 Å². The van der Waals surface area contributed by atoms with Crippen molar-refractivity contribution in [2.75, 3.05) is 5.32 Å². The molecule has 3 atom stereocenters. The highest BCUT2D eigenvalue weighted by molar-refractivity contribution is 6.36. The predicted molar refractivity (Wildman–Crippen MR) is 164 cm³/mol. The number of halogens is 2. The molecule has 1 heterocycles. The van der Waals surface area contributed by atoms with Gasteiger partial charge in [0.25, 0.3) is 0 Å². The molecule has 0 aromatic heterocycles. The van der Waals surface area contributed by atoms with E-state index in [9.17, 15) is 19.2 Å². The summed E-state index contributed by atoms with van der Waals surface area (Å²) >= 11 is 15.2. The number of hydrogen-bond donors (Lipinski definition) is 1. The van der Waals surface area contributed by atoms with Crippen LogP contribution in [0.15, 0.2) is 103 Å². The van der Waals surface area contributed by atoms with Gasteiger partial charge in [-0.05, 0) is 46.9 Å². The first-order chi connectivity index (χ1) is 20.7. The summed E-state index contributed by atoms with van der Waals surface area (Å²) in [5, 5.41) is 2.84. The molecule has 4 aromatic rings. The van der Waals surface area contributed by atoms with Crippen LogP contribution in [0.2, 0.25) is 0 Å². The Morgan fingerprint density at radius 3 is 1.72 bits per heavy atom. The van der Waals surface area contributed by atoms with Crippen LogP contribution >= 0.6 is 23.2 Å². The topological polar surface area (TPSA) is 83.6 Å². The van der Waals surface area contributed by atoms with Crippen molar-refractivity contribution in [3.8, 4) is 0 Å². The fourth-order valence-corrected chi connectivity index (χ4v) is 8.27. The van der Waals surface area contributed by atoms with E-state index in [0.717, 1.165) is 10.5 Å². The summed E-state index contributed by atoms with van der Waals surface area (Å²) in [6.07, 6.45) is 0.0838. The Bertz CT molecular complexity index is 1720. The number of likely N-dealkylation sites (tertiary alicyclic amines) is 1. The van der Waals surface area contributed by atoms with Crippen LogP contribution < -0.4 is 5.32 Å². The second-order valence-electron chi connectivity index (χ2n) is 11.3. The van der Waals surface area contributed by atoms with Crippen LogP contribution in [0.4, 0.5) is 5.69 Å². The van der Waals surface area contributed by atoms with Crippen LogP contribution in [-0.2, 0) is 30.6 Å². The van der Waals surface area contributed by atoms with Gasteiger partial charge in [-0.2, -0.15) is 0 Å². The minimum atomic E-state index is -1.35. The van der Waals surface area contributed by atoms with Crippen molar-refractivity contribution in [2.45, 2.75) is 29.1 Å². The number of anilines is 1. The van der Waals surface area contributed by atoms with Crippen molar-refractivity contribution in [1.29, 1.82) is 0 Å². The van der Waals surface area contributed by atoms with Gasteiger partial charge < -0.3 is 5.32 Å². The molecule has 1 N–H and O–H groups in total. The van der Waals surface area contributed by atoms with Crippen LogP contribution in [0.25, 0.3) is 0 Å². The number of amides is 3. The van der Waals surface area contributed by atoms with E-state index in [1.165, 1.54) is 6.92 Å². The van der Waals surface area contributed by atoms with Crippen LogP contribution in [-0.4, -0.2) is 34.4 Å². The Balaban J connectivity index is 1.35. The summed E-state index contributed by atoms with van der Waals surface area (Å²) < 4.78 is 0. The van der Waals surface area contributed by atoms with Gasteiger partial charge in [0.2, 0.25) is 17.7 Å². The first kappa shape index (κ1) is 27.6. The zero-order chi connectivity index (χ0) is 30.1. The number of rotatable bonds is 6. The van der Waals surface area contributed by atoms with E-state index in [-0.39, 0.29) is 12.2 Å². The highest BCUT2D eigenvalue weighted by Gasteiger charge is 2.73. The lowest BCUT2D eigenvalue weighted by atomic mass is 9.54. The molecule has 1 aliphatic heterocycles. The zero-order valence-electron chi connectivity index (χ0n) is 23.1. The molecule has 214 valence electrons. The smallest absolute Gasteiger partial charge is 0.248 e. The minimum Gasteiger partial charge on any atom is -0.324 e. The molecule has 0 radical (unpaired) electrons. The van der Waals surface area contributed by atoms with E-state index in [1.807, 2.05) is 78.9 Å². The molecule has 0 saturated carbocycles. The monoisotopic (exact) mass is 608 g/mol. The van der Waals surface area contributed by atoms with Gasteiger partial charge in [0.05, 0.1) is 11.8 Å². The molecule has 0 unspecified atom stereocenters. The Kier molecular flexibility index (Phi) is 6.35. The molecule has 2 bridgehead atoms. The van der Waals surface area contributed by atoms with Crippen molar-refractivity contribution >= 4 is 52.4 Å². The molecule has 4 aromatic carbocycles. The number of hydrogen-bond acceptors (Lipinski definition) is 4. The summed E-state index contributed by atoms with van der Waals surface area (Å²) in [6.45, 7) is 1.44. The maximum atomic E-state index is 14.6. The SMILES string of the molecule is CC(=O)c1cccc(NC(=O)[C@H](Cc2ccccc2)N2C(=O)[C@H]3[C@H](C2=O)C2(Cl)c4ccccc4C3(Cl)c3ccccc32)c1.